The van der Waals surface area contributed by atoms with Gasteiger partial charge in [-0.1, -0.05) is 13.8 Å². The molecule has 0 aliphatic rings. The molecule has 0 atom stereocenters. The second kappa shape index (κ2) is 9.54. The quantitative estimate of drug-likeness (QED) is 0.422. The largest absolute Gasteiger partial charge is 0.573 e. The maximum Gasteiger partial charge on any atom is 0.573 e. The summed E-state index contributed by atoms with van der Waals surface area (Å²) in [7, 11) is 0. The molecule has 0 heterocycles. The van der Waals surface area contributed by atoms with Crippen molar-refractivity contribution in [1.82, 2.24) is 0 Å². The number of alkyl halides is 3. The number of rotatable bonds is 8. The molecule has 0 saturated carbocycles. The normalized spacial score (nSPS) is 12.5. The summed E-state index contributed by atoms with van der Waals surface area (Å²) in [5.41, 5.74) is 6.28. The van der Waals surface area contributed by atoms with Gasteiger partial charge in [0.25, 0.3) is 0 Å². The highest BCUT2D eigenvalue weighted by Crippen LogP contribution is 2.23. The van der Waals surface area contributed by atoms with Gasteiger partial charge in [-0.25, -0.2) is 0 Å². The molecule has 23 heavy (non-hydrogen) atoms. The van der Waals surface area contributed by atoms with E-state index in [1.54, 1.807) is 0 Å². The molecule has 0 saturated heterocycles. The molecular weight excluding hydrogens is 327 g/mol. The summed E-state index contributed by atoms with van der Waals surface area (Å²) in [6, 6.07) is 5.32. The molecule has 130 valence electrons. The Kier molecular flexibility index (Phi) is 8.08. The molecule has 0 radical (unpaired) electrons. The number of halogens is 3. The van der Waals surface area contributed by atoms with E-state index in [2.05, 4.69) is 28.9 Å². The molecule has 0 aliphatic carbocycles. The number of nitrogens with two attached hydrogens (primary N) is 1. The van der Waals surface area contributed by atoms with E-state index in [1.807, 2.05) is 11.8 Å². The third-order valence-corrected chi connectivity index (χ3v) is 4.02. The summed E-state index contributed by atoms with van der Waals surface area (Å²) in [6.07, 6.45) is -3.76. The van der Waals surface area contributed by atoms with Gasteiger partial charge in [0.15, 0.2) is 5.96 Å². The second-order valence-corrected chi connectivity index (χ2v) is 6.44. The van der Waals surface area contributed by atoms with Crippen molar-refractivity contribution in [2.75, 3.05) is 23.4 Å². The third kappa shape index (κ3) is 9.93. The van der Waals surface area contributed by atoms with E-state index in [0.29, 0.717) is 18.2 Å². The van der Waals surface area contributed by atoms with Crippen LogP contribution in [0.5, 0.6) is 5.75 Å². The number of guanidine groups is 1. The van der Waals surface area contributed by atoms with Gasteiger partial charge in [-0.05, 0) is 48.1 Å². The minimum absolute atomic E-state index is 0.239. The average molecular weight is 349 g/mol. The first kappa shape index (κ1) is 19.5. The third-order valence-electron chi connectivity index (χ3n) is 2.54. The van der Waals surface area contributed by atoms with E-state index in [-0.39, 0.29) is 11.7 Å². The Morgan fingerprint density at radius 3 is 2.52 bits per heavy atom. The lowest BCUT2D eigenvalue weighted by Crippen LogP contribution is -2.23. The minimum Gasteiger partial charge on any atom is -0.406 e. The van der Waals surface area contributed by atoms with Crippen LogP contribution < -0.4 is 15.8 Å². The summed E-state index contributed by atoms with van der Waals surface area (Å²) in [6.45, 7) is 4.97. The Morgan fingerprint density at radius 1 is 1.30 bits per heavy atom. The second-order valence-electron chi connectivity index (χ2n) is 5.29. The molecule has 0 fully saturated rings. The van der Waals surface area contributed by atoms with Crippen molar-refractivity contribution < 1.29 is 17.9 Å². The van der Waals surface area contributed by atoms with E-state index in [9.17, 15) is 13.2 Å². The predicted molar refractivity (Wildman–Crippen MR) is 90.0 cm³/mol. The van der Waals surface area contributed by atoms with Crippen LogP contribution in [0, 0.1) is 5.92 Å². The Bertz CT molecular complexity index is 490. The highest BCUT2D eigenvalue weighted by atomic mass is 32.2. The van der Waals surface area contributed by atoms with Crippen molar-refractivity contribution in [3.63, 3.8) is 0 Å². The van der Waals surface area contributed by atoms with Crippen LogP contribution in [0.15, 0.2) is 29.3 Å². The van der Waals surface area contributed by atoms with Crippen molar-refractivity contribution in [3.05, 3.63) is 24.3 Å². The van der Waals surface area contributed by atoms with Crippen LogP contribution in [0.4, 0.5) is 18.9 Å². The molecule has 3 N–H and O–H groups in total. The highest BCUT2D eigenvalue weighted by Gasteiger charge is 2.30. The first-order valence-corrected chi connectivity index (χ1v) is 8.42. The number of hydrogen-bond acceptors (Lipinski definition) is 3. The molecule has 8 heteroatoms. The van der Waals surface area contributed by atoms with Crippen molar-refractivity contribution in [2.24, 2.45) is 16.6 Å². The number of nitrogens with one attached hydrogen (secondary N) is 1. The standard InChI is InChI=1S/C15H22F3N3OS/c1-11(2)10-23-9-3-8-20-14(19)21-12-4-6-13(7-5-12)22-15(16,17)18/h4-7,11H,3,8-10H2,1-2H3,(H3,19,20,21). The maximum absolute atomic E-state index is 12.0. The minimum atomic E-state index is -4.69. The predicted octanol–water partition coefficient (Wildman–Crippen LogP) is 4.09. The van der Waals surface area contributed by atoms with E-state index >= 15 is 0 Å². The lowest BCUT2D eigenvalue weighted by molar-refractivity contribution is -0.274. The van der Waals surface area contributed by atoms with Crippen LogP contribution >= 0.6 is 11.8 Å². The van der Waals surface area contributed by atoms with Gasteiger partial charge >= 0.3 is 6.36 Å². The molecule has 4 nitrogen and oxygen atoms in total. The van der Waals surface area contributed by atoms with E-state index in [0.717, 1.165) is 17.9 Å². The zero-order valence-corrected chi connectivity index (χ0v) is 14.0. The van der Waals surface area contributed by atoms with Gasteiger partial charge in [-0.15, -0.1) is 13.2 Å². The first-order valence-electron chi connectivity index (χ1n) is 7.27. The van der Waals surface area contributed by atoms with Crippen molar-refractivity contribution in [1.29, 1.82) is 0 Å². The van der Waals surface area contributed by atoms with Crippen LogP contribution in [0.1, 0.15) is 20.3 Å². The summed E-state index contributed by atoms with van der Waals surface area (Å²) in [5, 5.41) is 2.83. The van der Waals surface area contributed by atoms with E-state index < -0.39 is 6.36 Å². The van der Waals surface area contributed by atoms with Gasteiger partial charge in [0, 0.05) is 12.2 Å². The number of thioether (sulfide) groups is 1. The number of aliphatic imine (C=N–C) groups is 1. The van der Waals surface area contributed by atoms with Crippen LogP contribution in [-0.4, -0.2) is 30.4 Å². The zero-order chi connectivity index (χ0) is 17.3. The fraction of sp³-hybridized carbons (Fsp3) is 0.533. The van der Waals surface area contributed by atoms with Gasteiger partial charge < -0.3 is 15.8 Å². The van der Waals surface area contributed by atoms with Crippen LogP contribution in [0.25, 0.3) is 0 Å². The van der Waals surface area contributed by atoms with Crippen molar-refractivity contribution in [3.8, 4) is 5.75 Å². The number of ether oxygens (including phenoxy) is 1. The van der Waals surface area contributed by atoms with Crippen molar-refractivity contribution >= 4 is 23.4 Å². The Labute approximate surface area is 138 Å². The first-order chi connectivity index (χ1) is 10.8. The summed E-state index contributed by atoms with van der Waals surface area (Å²) >= 11 is 1.89. The molecule has 0 unspecified atom stereocenters. The molecule has 0 aliphatic heterocycles. The lowest BCUT2D eigenvalue weighted by Gasteiger charge is -2.10. The SMILES string of the molecule is CC(C)CSCCCN=C(N)Nc1ccc(OC(F)(F)F)cc1. The van der Waals surface area contributed by atoms with Gasteiger partial charge in [0.05, 0.1) is 0 Å². The molecule has 0 aromatic heterocycles. The monoisotopic (exact) mass is 349 g/mol. The summed E-state index contributed by atoms with van der Waals surface area (Å²) < 4.78 is 39.9. The number of nitrogens with zero attached hydrogens (tertiary/aromatic N) is 1. The van der Waals surface area contributed by atoms with Crippen LogP contribution in [0.3, 0.4) is 0 Å². The molecule has 1 aromatic rings. The topological polar surface area (TPSA) is 59.6 Å². The van der Waals surface area contributed by atoms with E-state index in [1.165, 1.54) is 24.3 Å². The molecule has 0 bridgehead atoms. The molecule has 0 spiro atoms. The fourth-order valence-corrected chi connectivity index (χ4v) is 2.58. The number of hydrogen-bond donors (Lipinski definition) is 2. The smallest absolute Gasteiger partial charge is 0.406 e. The van der Waals surface area contributed by atoms with Crippen molar-refractivity contribution in [2.45, 2.75) is 26.6 Å². The van der Waals surface area contributed by atoms with Crippen LogP contribution in [-0.2, 0) is 0 Å². The van der Waals surface area contributed by atoms with E-state index in [4.69, 9.17) is 5.73 Å². The highest BCUT2D eigenvalue weighted by molar-refractivity contribution is 7.99. The summed E-state index contributed by atoms with van der Waals surface area (Å²) in [4.78, 5) is 4.18. The molecule has 1 rings (SSSR count). The lowest BCUT2D eigenvalue weighted by atomic mass is 10.3. The molecule has 1 aromatic carbocycles. The Morgan fingerprint density at radius 2 is 1.96 bits per heavy atom. The number of anilines is 1. The van der Waals surface area contributed by atoms with Gasteiger partial charge in [0.1, 0.15) is 5.75 Å². The Hall–Kier alpha value is -1.57. The van der Waals surface area contributed by atoms with Gasteiger partial charge in [-0.3, -0.25) is 4.99 Å². The number of benzene rings is 1. The zero-order valence-electron chi connectivity index (χ0n) is 13.2. The van der Waals surface area contributed by atoms with Gasteiger partial charge in [0.2, 0.25) is 0 Å². The van der Waals surface area contributed by atoms with Crippen LogP contribution in [0.2, 0.25) is 0 Å². The fourth-order valence-electron chi connectivity index (χ4n) is 1.61. The average Bonchev–Trinajstić information content (AvgIpc) is 2.43. The molecular formula is C15H22F3N3OS. The maximum atomic E-state index is 12.0. The molecule has 0 amide bonds. The van der Waals surface area contributed by atoms with Gasteiger partial charge in [-0.2, -0.15) is 11.8 Å². The Balaban J connectivity index is 2.33. The summed E-state index contributed by atoms with van der Waals surface area (Å²) in [5.74, 6) is 2.80.